The summed E-state index contributed by atoms with van der Waals surface area (Å²) in [4.78, 5) is 2.47. The lowest BCUT2D eigenvalue weighted by Gasteiger charge is -2.42. The first kappa shape index (κ1) is 13.9. The topological polar surface area (TPSA) is 24.5 Å². The van der Waals surface area contributed by atoms with E-state index in [2.05, 4.69) is 42.4 Å². The molecule has 0 saturated carbocycles. The molecule has 1 fully saturated rings. The molecule has 0 aliphatic carbocycles. The zero-order valence-corrected chi connectivity index (χ0v) is 12.7. The van der Waals surface area contributed by atoms with Crippen molar-refractivity contribution in [2.24, 2.45) is 0 Å². The molecule has 20 heavy (non-hydrogen) atoms. The van der Waals surface area contributed by atoms with Gasteiger partial charge in [0, 0.05) is 6.54 Å². The highest BCUT2D eigenvalue weighted by atomic mass is 16.5. The Labute approximate surface area is 122 Å². The number of ether oxygens (including phenoxy) is 1. The van der Waals surface area contributed by atoms with Gasteiger partial charge in [-0.3, -0.25) is 4.90 Å². The minimum absolute atomic E-state index is 0.188. The van der Waals surface area contributed by atoms with Crippen LogP contribution in [0.4, 0.5) is 0 Å². The number of piperidine rings is 1. The summed E-state index contributed by atoms with van der Waals surface area (Å²) in [5.74, 6) is 1.10. The number of nitrogens with zero attached hydrogens (tertiary/aromatic N) is 1. The molecular weight excluding hydrogens is 248 g/mol. The smallest absolute Gasteiger partial charge is 0.122 e. The lowest BCUT2D eigenvalue weighted by molar-refractivity contribution is 0.0417. The fraction of sp³-hybridized carbons (Fsp3) is 0.647. The van der Waals surface area contributed by atoms with Crippen LogP contribution in [0.1, 0.15) is 37.3 Å². The van der Waals surface area contributed by atoms with Gasteiger partial charge in [-0.05, 0) is 63.5 Å². The van der Waals surface area contributed by atoms with Gasteiger partial charge < -0.3 is 10.1 Å². The van der Waals surface area contributed by atoms with Crippen molar-refractivity contribution >= 4 is 0 Å². The second-order valence-electron chi connectivity index (χ2n) is 6.48. The Morgan fingerprint density at radius 1 is 1.35 bits per heavy atom. The second-order valence-corrected chi connectivity index (χ2v) is 6.48. The zero-order valence-electron chi connectivity index (χ0n) is 12.7. The van der Waals surface area contributed by atoms with Gasteiger partial charge in [0.15, 0.2) is 0 Å². The predicted octanol–water partition coefficient (Wildman–Crippen LogP) is 2.59. The minimum atomic E-state index is 0.188. The molecule has 1 aromatic carbocycles. The highest BCUT2D eigenvalue weighted by Crippen LogP contribution is 2.30. The van der Waals surface area contributed by atoms with Crippen LogP contribution in [0.5, 0.6) is 5.75 Å². The van der Waals surface area contributed by atoms with Crippen LogP contribution in [0.2, 0.25) is 0 Å². The van der Waals surface area contributed by atoms with Crippen LogP contribution in [0.25, 0.3) is 0 Å². The Morgan fingerprint density at radius 3 is 3.10 bits per heavy atom. The molecule has 1 atom stereocenters. The average Bonchev–Trinajstić information content (AvgIpc) is 2.48. The van der Waals surface area contributed by atoms with Crippen LogP contribution >= 0.6 is 0 Å². The Hall–Kier alpha value is -1.06. The van der Waals surface area contributed by atoms with Crippen molar-refractivity contribution in [1.82, 2.24) is 10.2 Å². The fourth-order valence-electron chi connectivity index (χ4n) is 3.36. The maximum absolute atomic E-state index is 6.25. The number of rotatable bonds is 3. The largest absolute Gasteiger partial charge is 0.491 e. The lowest BCUT2D eigenvalue weighted by atomic mass is 9.90. The van der Waals surface area contributed by atoms with Gasteiger partial charge in [-0.2, -0.15) is 0 Å². The Balaban J connectivity index is 1.72. The third kappa shape index (κ3) is 2.70. The van der Waals surface area contributed by atoms with Gasteiger partial charge in [0.2, 0.25) is 0 Å². The molecule has 1 saturated heterocycles. The first-order chi connectivity index (χ1) is 9.69. The van der Waals surface area contributed by atoms with E-state index in [1.807, 2.05) is 0 Å². The molecule has 110 valence electrons. The molecule has 0 radical (unpaired) electrons. The van der Waals surface area contributed by atoms with Crippen molar-refractivity contribution in [3.05, 3.63) is 29.3 Å². The predicted molar refractivity (Wildman–Crippen MR) is 82.2 cm³/mol. The van der Waals surface area contributed by atoms with E-state index in [4.69, 9.17) is 4.74 Å². The third-order valence-electron chi connectivity index (χ3n) is 5.02. The molecule has 0 amide bonds. The van der Waals surface area contributed by atoms with E-state index in [0.717, 1.165) is 31.9 Å². The first-order valence-electron chi connectivity index (χ1n) is 7.85. The summed E-state index contributed by atoms with van der Waals surface area (Å²) in [6.45, 7) is 6.36. The number of hydrogen-bond donors (Lipinski definition) is 1. The van der Waals surface area contributed by atoms with Crippen LogP contribution in [0.15, 0.2) is 18.2 Å². The van der Waals surface area contributed by atoms with Crippen LogP contribution in [-0.2, 0) is 13.0 Å². The molecule has 1 N–H and O–H groups in total. The summed E-state index contributed by atoms with van der Waals surface area (Å²) >= 11 is 0. The van der Waals surface area contributed by atoms with E-state index in [1.165, 1.54) is 36.9 Å². The summed E-state index contributed by atoms with van der Waals surface area (Å²) in [5.41, 5.74) is 3.00. The zero-order chi connectivity index (χ0) is 14.0. The van der Waals surface area contributed by atoms with Crippen LogP contribution in [0, 0.1) is 0 Å². The second kappa shape index (κ2) is 5.74. The maximum Gasteiger partial charge on any atom is 0.122 e. The van der Waals surface area contributed by atoms with Gasteiger partial charge in [-0.25, -0.2) is 0 Å². The molecule has 0 spiro atoms. The van der Waals surface area contributed by atoms with Crippen LogP contribution in [-0.4, -0.2) is 37.2 Å². The molecule has 2 aliphatic rings. The number of likely N-dealkylation sites (N-methyl/N-ethyl adjacent to an activating group) is 1. The summed E-state index contributed by atoms with van der Waals surface area (Å²) in [5, 5.41) is 3.42. The molecule has 2 heterocycles. The van der Waals surface area contributed by atoms with E-state index in [-0.39, 0.29) is 5.54 Å². The van der Waals surface area contributed by atoms with Gasteiger partial charge in [0.1, 0.15) is 12.4 Å². The lowest BCUT2D eigenvalue weighted by Crippen LogP contribution is -2.51. The Kier molecular flexibility index (Phi) is 3.99. The van der Waals surface area contributed by atoms with Crippen molar-refractivity contribution in [1.29, 1.82) is 0 Å². The summed E-state index contributed by atoms with van der Waals surface area (Å²) in [6, 6.07) is 6.47. The molecule has 0 aromatic heterocycles. The van der Waals surface area contributed by atoms with Gasteiger partial charge >= 0.3 is 0 Å². The number of likely N-dealkylation sites (tertiary alicyclic amines) is 1. The maximum atomic E-state index is 6.25. The third-order valence-corrected chi connectivity index (χ3v) is 5.02. The quantitative estimate of drug-likeness (QED) is 0.917. The Morgan fingerprint density at radius 2 is 2.25 bits per heavy atom. The highest BCUT2D eigenvalue weighted by molar-refractivity contribution is 5.41. The molecular formula is C17H26N2O. The normalized spacial score (nSPS) is 27.1. The first-order valence-corrected chi connectivity index (χ1v) is 7.85. The summed E-state index contributed by atoms with van der Waals surface area (Å²) in [7, 11) is 2.23. The Bertz CT molecular complexity index is 474. The number of benzene rings is 1. The fourth-order valence-corrected chi connectivity index (χ4v) is 3.36. The van der Waals surface area contributed by atoms with Crippen LogP contribution in [0.3, 0.4) is 0 Å². The summed E-state index contributed by atoms with van der Waals surface area (Å²) < 4.78 is 6.25. The summed E-state index contributed by atoms with van der Waals surface area (Å²) in [6.07, 6.45) is 4.96. The molecule has 0 bridgehead atoms. The van der Waals surface area contributed by atoms with Crippen molar-refractivity contribution in [3.8, 4) is 5.75 Å². The molecule has 3 nitrogen and oxygen atoms in total. The van der Waals surface area contributed by atoms with Crippen molar-refractivity contribution < 1.29 is 4.74 Å². The van der Waals surface area contributed by atoms with Gasteiger partial charge in [-0.1, -0.05) is 18.6 Å². The number of fused-ring (bicyclic) bond motifs is 1. The van der Waals surface area contributed by atoms with Crippen molar-refractivity contribution in [2.45, 2.75) is 44.7 Å². The van der Waals surface area contributed by atoms with Crippen molar-refractivity contribution in [2.75, 3.05) is 26.7 Å². The van der Waals surface area contributed by atoms with Crippen molar-refractivity contribution in [3.63, 3.8) is 0 Å². The molecule has 2 aliphatic heterocycles. The molecule has 1 unspecified atom stereocenters. The van der Waals surface area contributed by atoms with Gasteiger partial charge in [0.05, 0.1) is 5.54 Å². The van der Waals surface area contributed by atoms with E-state index < -0.39 is 0 Å². The highest BCUT2D eigenvalue weighted by Gasteiger charge is 2.32. The van der Waals surface area contributed by atoms with E-state index in [1.54, 1.807) is 0 Å². The number of nitrogens with one attached hydrogen (secondary N) is 1. The van der Waals surface area contributed by atoms with Gasteiger partial charge in [-0.15, -0.1) is 0 Å². The molecule has 1 aromatic rings. The van der Waals surface area contributed by atoms with Crippen LogP contribution < -0.4 is 10.1 Å². The SMILES string of the molecule is CN1CCCCC1(C)COc1cccc2c1CCNC2. The standard InChI is InChI=1S/C17H26N2O/c1-17(9-3-4-11-19(17)2)13-20-16-7-5-6-14-12-18-10-8-15(14)16/h5-7,18H,3-4,8-13H2,1-2H3. The minimum Gasteiger partial charge on any atom is -0.491 e. The van der Waals surface area contributed by atoms with E-state index in [9.17, 15) is 0 Å². The molecule has 3 heteroatoms. The monoisotopic (exact) mass is 274 g/mol. The number of hydrogen-bond acceptors (Lipinski definition) is 3. The van der Waals surface area contributed by atoms with E-state index in [0.29, 0.717) is 0 Å². The van der Waals surface area contributed by atoms with E-state index >= 15 is 0 Å². The average molecular weight is 274 g/mol. The van der Waals surface area contributed by atoms with Gasteiger partial charge in [0.25, 0.3) is 0 Å². The molecule has 3 rings (SSSR count).